The molecule has 19 heavy (non-hydrogen) atoms. The highest BCUT2D eigenvalue weighted by molar-refractivity contribution is 5.70. The Hall–Kier alpha value is -1.62. The van der Waals surface area contributed by atoms with Crippen LogP contribution in [0, 0.1) is 5.82 Å². The molecule has 0 aromatic heterocycles. The number of methoxy groups -OCH3 is 1. The summed E-state index contributed by atoms with van der Waals surface area (Å²) in [6.45, 7) is 2.10. The molecule has 0 saturated heterocycles. The van der Waals surface area contributed by atoms with Gasteiger partial charge in [0.15, 0.2) is 11.6 Å². The monoisotopic (exact) mass is 269 g/mol. The summed E-state index contributed by atoms with van der Waals surface area (Å²) in [7, 11) is 5.10. The largest absolute Gasteiger partial charge is 0.494 e. The first-order valence-electron chi connectivity index (χ1n) is 6.15. The Bertz CT molecular complexity index is 435. The molecule has 0 aliphatic heterocycles. The van der Waals surface area contributed by atoms with Crippen LogP contribution in [0.15, 0.2) is 18.2 Å². The maximum Gasteiger partial charge on any atom is 0.307 e. The van der Waals surface area contributed by atoms with E-state index in [-0.39, 0.29) is 24.2 Å². The predicted molar refractivity (Wildman–Crippen MR) is 70.6 cm³/mol. The van der Waals surface area contributed by atoms with Crippen molar-refractivity contribution < 1.29 is 18.7 Å². The van der Waals surface area contributed by atoms with Crippen molar-refractivity contribution in [2.75, 3.05) is 27.8 Å². The number of halogens is 1. The van der Waals surface area contributed by atoms with Gasteiger partial charge in [-0.3, -0.25) is 4.79 Å². The zero-order chi connectivity index (χ0) is 14.4. The molecule has 4 nitrogen and oxygen atoms in total. The lowest BCUT2D eigenvalue weighted by atomic mass is 10.0. The molecule has 0 radical (unpaired) electrons. The van der Waals surface area contributed by atoms with Crippen LogP contribution in [0.1, 0.15) is 24.9 Å². The third-order valence-corrected chi connectivity index (χ3v) is 2.85. The minimum absolute atomic E-state index is 0.187. The van der Waals surface area contributed by atoms with Crippen molar-refractivity contribution in [2.45, 2.75) is 19.4 Å². The second-order valence-electron chi connectivity index (χ2n) is 4.38. The van der Waals surface area contributed by atoms with Crippen LogP contribution in [0.5, 0.6) is 5.75 Å². The summed E-state index contributed by atoms with van der Waals surface area (Å²) in [6.07, 6.45) is 0.187. The van der Waals surface area contributed by atoms with Crippen LogP contribution in [-0.2, 0) is 9.53 Å². The molecule has 0 bridgehead atoms. The molecule has 1 aromatic rings. The normalized spacial score (nSPS) is 12.3. The van der Waals surface area contributed by atoms with Crippen molar-refractivity contribution in [3.05, 3.63) is 29.6 Å². The predicted octanol–water partition coefficient (Wildman–Crippen LogP) is 2.39. The lowest BCUT2D eigenvalue weighted by Gasteiger charge is -2.24. The minimum Gasteiger partial charge on any atom is -0.494 e. The van der Waals surface area contributed by atoms with Crippen molar-refractivity contribution in [3.63, 3.8) is 0 Å². The average molecular weight is 269 g/mol. The fourth-order valence-corrected chi connectivity index (χ4v) is 1.87. The van der Waals surface area contributed by atoms with E-state index in [1.807, 2.05) is 19.0 Å². The Kier molecular flexibility index (Phi) is 5.76. The first-order valence-corrected chi connectivity index (χ1v) is 6.15. The lowest BCUT2D eigenvalue weighted by molar-refractivity contribution is -0.144. The van der Waals surface area contributed by atoms with Crippen molar-refractivity contribution in [1.29, 1.82) is 0 Å². The molecule has 1 rings (SSSR count). The molecule has 0 heterocycles. The standard InChI is InChI=1S/C14H20FNO3/c1-5-19-14(17)9-12(16(2)3)10-6-7-13(18-4)11(15)8-10/h6-8,12H,5,9H2,1-4H3. The number of rotatable bonds is 6. The summed E-state index contributed by atoms with van der Waals surface area (Å²) < 4.78 is 23.5. The summed E-state index contributed by atoms with van der Waals surface area (Å²) >= 11 is 0. The van der Waals surface area contributed by atoms with Crippen LogP contribution in [0.25, 0.3) is 0 Å². The number of ether oxygens (including phenoxy) is 2. The summed E-state index contributed by atoms with van der Waals surface area (Å²) in [5.41, 5.74) is 0.719. The maximum atomic E-state index is 13.7. The summed E-state index contributed by atoms with van der Waals surface area (Å²) in [4.78, 5) is 13.4. The van der Waals surface area contributed by atoms with E-state index in [1.165, 1.54) is 13.2 Å². The SMILES string of the molecule is CCOC(=O)CC(c1ccc(OC)c(F)c1)N(C)C. The highest BCUT2D eigenvalue weighted by Crippen LogP contribution is 2.26. The number of carbonyl (C=O) groups excluding carboxylic acids is 1. The van der Waals surface area contributed by atoms with Crippen LogP contribution in [0.2, 0.25) is 0 Å². The molecule has 0 spiro atoms. The van der Waals surface area contributed by atoms with E-state index >= 15 is 0 Å². The van der Waals surface area contributed by atoms with Crippen molar-refractivity contribution in [3.8, 4) is 5.75 Å². The van der Waals surface area contributed by atoms with E-state index in [0.29, 0.717) is 6.61 Å². The smallest absolute Gasteiger partial charge is 0.307 e. The van der Waals surface area contributed by atoms with E-state index in [4.69, 9.17) is 9.47 Å². The molecular weight excluding hydrogens is 249 g/mol. The molecule has 0 aliphatic carbocycles. The van der Waals surface area contributed by atoms with E-state index < -0.39 is 5.82 Å². The molecule has 0 fully saturated rings. The highest BCUT2D eigenvalue weighted by Gasteiger charge is 2.20. The molecule has 106 valence electrons. The second-order valence-corrected chi connectivity index (χ2v) is 4.38. The van der Waals surface area contributed by atoms with Crippen LogP contribution in [0.3, 0.4) is 0 Å². The fraction of sp³-hybridized carbons (Fsp3) is 0.500. The first kappa shape index (κ1) is 15.4. The zero-order valence-corrected chi connectivity index (χ0v) is 11.8. The minimum atomic E-state index is -0.435. The first-order chi connectivity index (χ1) is 8.99. The molecule has 0 N–H and O–H groups in total. The van der Waals surface area contributed by atoms with Crippen LogP contribution < -0.4 is 4.74 Å². The van der Waals surface area contributed by atoms with E-state index in [0.717, 1.165) is 5.56 Å². The molecule has 1 atom stereocenters. The van der Waals surface area contributed by atoms with Gasteiger partial charge in [0.2, 0.25) is 0 Å². The Balaban J connectivity index is 2.93. The van der Waals surface area contributed by atoms with Crippen LogP contribution >= 0.6 is 0 Å². The molecular formula is C14H20FNO3. The van der Waals surface area contributed by atoms with Gasteiger partial charge < -0.3 is 14.4 Å². The Morgan fingerprint density at radius 2 is 2.11 bits per heavy atom. The van der Waals surface area contributed by atoms with E-state index in [9.17, 15) is 9.18 Å². The number of esters is 1. The molecule has 0 amide bonds. The average Bonchev–Trinajstić information content (AvgIpc) is 2.36. The van der Waals surface area contributed by atoms with Gasteiger partial charge in [0.1, 0.15) is 0 Å². The second kappa shape index (κ2) is 7.09. The summed E-state index contributed by atoms with van der Waals surface area (Å²) in [6, 6.07) is 4.49. The molecule has 1 unspecified atom stereocenters. The summed E-state index contributed by atoms with van der Waals surface area (Å²) in [5.74, 6) is -0.537. The molecule has 1 aromatic carbocycles. The molecule has 5 heteroatoms. The van der Waals surface area contributed by atoms with Gasteiger partial charge in [0.05, 0.1) is 20.1 Å². The van der Waals surface area contributed by atoms with Gasteiger partial charge in [-0.1, -0.05) is 6.07 Å². The van der Waals surface area contributed by atoms with Gasteiger partial charge in [-0.2, -0.15) is 0 Å². The van der Waals surface area contributed by atoms with Gasteiger partial charge in [0, 0.05) is 6.04 Å². The van der Waals surface area contributed by atoms with Crippen molar-refractivity contribution >= 4 is 5.97 Å². The van der Waals surface area contributed by atoms with E-state index in [1.54, 1.807) is 19.1 Å². The van der Waals surface area contributed by atoms with Crippen LogP contribution in [-0.4, -0.2) is 38.7 Å². The van der Waals surface area contributed by atoms with Gasteiger partial charge >= 0.3 is 5.97 Å². The van der Waals surface area contributed by atoms with Gasteiger partial charge in [-0.15, -0.1) is 0 Å². The van der Waals surface area contributed by atoms with Gasteiger partial charge in [-0.05, 0) is 38.7 Å². The Morgan fingerprint density at radius 3 is 2.58 bits per heavy atom. The number of hydrogen-bond acceptors (Lipinski definition) is 4. The van der Waals surface area contributed by atoms with Gasteiger partial charge in [-0.25, -0.2) is 4.39 Å². The maximum absolute atomic E-state index is 13.7. The number of nitrogens with zero attached hydrogens (tertiary/aromatic N) is 1. The topological polar surface area (TPSA) is 38.8 Å². The molecule has 0 saturated carbocycles. The Morgan fingerprint density at radius 1 is 1.42 bits per heavy atom. The molecule has 0 aliphatic rings. The summed E-state index contributed by atoms with van der Waals surface area (Å²) in [5, 5.41) is 0. The number of benzene rings is 1. The van der Waals surface area contributed by atoms with Gasteiger partial charge in [0.25, 0.3) is 0 Å². The zero-order valence-electron chi connectivity index (χ0n) is 11.8. The number of hydrogen-bond donors (Lipinski definition) is 0. The van der Waals surface area contributed by atoms with Crippen molar-refractivity contribution in [1.82, 2.24) is 4.90 Å². The third kappa shape index (κ3) is 4.21. The van der Waals surface area contributed by atoms with E-state index in [2.05, 4.69) is 0 Å². The lowest BCUT2D eigenvalue weighted by Crippen LogP contribution is -2.24. The number of carbonyl (C=O) groups is 1. The van der Waals surface area contributed by atoms with Crippen molar-refractivity contribution in [2.24, 2.45) is 0 Å². The highest BCUT2D eigenvalue weighted by atomic mass is 19.1. The third-order valence-electron chi connectivity index (χ3n) is 2.85. The fourth-order valence-electron chi connectivity index (χ4n) is 1.87. The van der Waals surface area contributed by atoms with Crippen LogP contribution in [0.4, 0.5) is 4.39 Å². The quantitative estimate of drug-likeness (QED) is 0.743. The Labute approximate surface area is 113 Å².